The summed E-state index contributed by atoms with van der Waals surface area (Å²) in [6, 6.07) is 5.28. The number of halogens is 4. The molecular weight excluding hydrogens is 491 g/mol. The van der Waals surface area contributed by atoms with Crippen molar-refractivity contribution in [1.82, 2.24) is 9.88 Å². The maximum absolute atomic E-state index is 14.7. The van der Waals surface area contributed by atoms with Crippen LogP contribution in [0.5, 0.6) is 5.75 Å². The minimum atomic E-state index is -0.796. The molecule has 176 valence electrons. The highest BCUT2D eigenvalue weighted by molar-refractivity contribution is 7.22. The number of fused-ring (bicyclic) bond motifs is 1. The van der Waals surface area contributed by atoms with Crippen LogP contribution in [0.25, 0.3) is 10.2 Å². The van der Waals surface area contributed by atoms with Crippen LogP contribution in [0, 0.1) is 11.6 Å². The quantitative estimate of drug-likeness (QED) is 0.335. The SMILES string of the molecule is CC(Oc1cc2sc(NC(=O)CCCN3CCCC3)nc2cc1F)c1c(Cl)ccc(F)c1Cl. The Hall–Kier alpha value is -2.00. The second kappa shape index (κ2) is 10.5. The minimum Gasteiger partial charge on any atom is -0.483 e. The molecule has 0 bridgehead atoms. The molecule has 4 rings (SSSR count). The third kappa shape index (κ3) is 5.74. The van der Waals surface area contributed by atoms with Crippen molar-refractivity contribution in [3.05, 3.63) is 51.5 Å². The van der Waals surface area contributed by atoms with Crippen molar-refractivity contribution in [3.63, 3.8) is 0 Å². The monoisotopic (exact) mass is 513 g/mol. The van der Waals surface area contributed by atoms with Crippen LogP contribution in [0.15, 0.2) is 24.3 Å². The van der Waals surface area contributed by atoms with Crippen LogP contribution in [-0.4, -0.2) is 35.4 Å². The van der Waals surface area contributed by atoms with E-state index in [1.165, 1.54) is 42.4 Å². The Kier molecular flexibility index (Phi) is 7.69. The Morgan fingerprint density at radius 1 is 1.24 bits per heavy atom. The predicted molar refractivity (Wildman–Crippen MR) is 129 cm³/mol. The number of ether oxygens (including phenoxy) is 1. The summed E-state index contributed by atoms with van der Waals surface area (Å²) in [7, 11) is 0. The van der Waals surface area contributed by atoms with Crippen molar-refractivity contribution in [2.24, 2.45) is 0 Å². The number of nitrogens with zero attached hydrogens (tertiary/aromatic N) is 2. The van der Waals surface area contributed by atoms with Gasteiger partial charge in [0.2, 0.25) is 5.91 Å². The number of hydrogen-bond donors (Lipinski definition) is 1. The van der Waals surface area contributed by atoms with Crippen molar-refractivity contribution in [3.8, 4) is 5.75 Å². The Balaban J connectivity index is 1.43. The van der Waals surface area contributed by atoms with E-state index in [1.807, 2.05) is 0 Å². The number of aromatic nitrogens is 1. The second-order valence-corrected chi connectivity index (χ2v) is 9.80. The molecule has 3 aromatic rings. The highest BCUT2D eigenvalue weighted by Crippen LogP contribution is 2.37. The smallest absolute Gasteiger partial charge is 0.226 e. The zero-order valence-corrected chi connectivity index (χ0v) is 20.3. The summed E-state index contributed by atoms with van der Waals surface area (Å²) in [5.74, 6) is -1.43. The van der Waals surface area contributed by atoms with Crippen LogP contribution in [0.3, 0.4) is 0 Å². The summed E-state index contributed by atoms with van der Waals surface area (Å²) in [5, 5.41) is 3.26. The molecule has 10 heteroatoms. The molecule has 1 atom stereocenters. The first-order valence-electron chi connectivity index (χ1n) is 10.7. The van der Waals surface area contributed by atoms with Crippen LogP contribution < -0.4 is 10.1 Å². The lowest BCUT2D eigenvalue weighted by Crippen LogP contribution is -2.22. The number of carbonyl (C=O) groups is 1. The molecule has 0 saturated carbocycles. The summed E-state index contributed by atoms with van der Waals surface area (Å²) >= 11 is 13.4. The van der Waals surface area contributed by atoms with Gasteiger partial charge in [-0.05, 0) is 58.0 Å². The molecule has 1 unspecified atom stereocenters. The summed E-state index contributed by atoms with van der Waals surface area (Å²) < 4.78 is 34.9. The topological polar surface area (TPSA) is 54.5 Å². The Bertz CT molecular complexity index is 1170. The highest BCUT2D eigenvalue weighted by atomic mass is 35.5. The van der Waals surface area contributed by atoms with Gasteiger partial charge in [0, 0.05) is 29.1 Å². The van der Waals surface area contributed by atoms with E-state index >= 15 is 0 Å². The maximum Gasteiger partial charge on any atom is 0.226 e. The number of carbonyl (C=O) groups excluding carboxylic acids is 1. The summed E-state index contributed by atoms with van der Waals surface area (Å²) in [5.41, 5.74) is 0.649. The van der Waals surface area contributed by atoms with Crippen molar-refractivity contribution in [2.75, 3.05) is 25.0 Å². The molecule has 0 aliphatic carbocycles. The van der Waals surface area contributed by atoms with Crippen LogP contribution >= 0.6 is 34.5 Å². The van der Waals surface area contributed by atoms with E-state index in [2.05, 4.69) is 15.2 Å². The van der Waals surface area contributed by atoms with Gasteiger partial charge in [0.25, 0.3) is 0 Å². The third-order valence-electron chi connectivity index (χ3n) is 5.56. The lowest BCUT2D eigenvalue weighted by atomic mass is 10.1. The van der Waals surface area contributed by atoms with E-state index in [1.54, 1.807) is 6.92 Å². The molecule has 1 fully saturated rings. The van der Waals surface area contributed by atoms with E-state index in [0.29, 0.717) is 21.8 Å². The first kappa shape index (κ1) is 24.1. The molecule has 0 spiro atoms. The van der Waals surface area contributed by atoms with Crippen LogP contribution in [0.2, 0.25) is 10.0 Å². The van der Waals surface area contributed by atoms with Gasteiger partial charge in [-0.15, -0.1) is 0 Å². The van der Waals surface area contributed by atoms with Crippen molar-refractivity contribution in [2.45, 2.75) is 38.7 Å². The Labute approximate surface area is 204 Å². The maximum atomic E-state index is 14.7. The summed E-state index contributed by atoms with van der Waals surface area (Å²) in [4.78, 5) is 18.9. The largest absolute Gasteiger partial charge is 0.483 e. The lowest BCUT2D eigenvalue weighted by molar-refractivity contribution is -0.116. The van der Waals surface area contributed by atoms with Gasteiger partial charge < -0.3 is 15.0 Å². The van der Waals surface area contributed by atoms with Gasteiger partial charge in [-0.1, -0.05) is 34.5 Å². The predicted octanol–water partition coefficient (Wildman–Crippen LogP) is 6.84. The standard InChI is InChI=1S/C23H23Cl2F2N3O2S/c1-13(21-14(24)6-7-15(26)22(21)25)32-18-12-19-17(11-16(18)27)28-23(33-19)29-20(31)5-4-10-30-8-2-3-9-30/h6-7,11-13H,2-5,8-10H2,1H3,(H,28,29,31). The Morgan fingerprint density at radius 2 is 2.00 bits per heavy atom. The average Bonchev–Trinajstić information content (AvgIpc) is 3.40. The number of likely N-dealkylation sites (tertiary alicyclic amines) is 1. The normalized spacial score (nSPS) is 15.2. The number of thiazole rings is 1. The molecule has 1 aliphatic rings. The van der Waals surface area contributed by atoms with Crippen molar-refractivity contribution < 1.29 is 18.3 Å². The molecule has 5 nitrogen and oxygen atoms in total. The van der Waals surface area contributed by atoms with E-state index in [-0.39, 0.29) is 27.3 Å². The number of amides is 1. The molecule has 33 heavy (non-hydrogen) atoms. The molecule has 1 aromatic heterocycles. The van der Waals surface area contributed by atoms with Gasteiger partial charge in [-0.3, -0.25) is 4.79 Å². The van der Waals surface area contributed by atoms with Crippen molar-refractivity contribution in [1.29, 1.82) is 0 Å². The van der Waals surface area contributed by atoms with Crippen LogP contribution in [0.4, 0.5) is 13.9 Å². The fourth-order valence-corrected chi connectivity index (χ4v) is 5.46. The number of rotatable bonds is 8. The fourth-order valence-electron chi connectivity index (χ4n) is 3.89. The number of anilines is 1. The number of nitrogens with one attached hydrogen (secondary N) is 1. The number of benzene rings is 2. The molecule has 1 aliphatic heterocycles. The van der Waals surface area contributed by atoms with Gasteiger partial charge in [0.1, 0.15) is 11.9 Å². The van der Waals surface area contributed by atoms with E-state index in [4.69, 9.17) is 27.9 Å². The average molecular weight is 514 g/mol. The highest BCUT2D eigenvalue weighted by Gasteiger charge is 2.21. The van der Waals surface area contributed by atoms with E-state index in [9.17, 15) is 13.6 Å². The molecule has 1 saturated heterocycles. The van der Waals surface area contributed by atoms with Crippen LogP contribution in [0.1, 0.15) is 44.3 Å². The van der Waals surface area contributed by atoms with Gasteiger partial charge in [0.15, 0.2) is 16.7 Å². The van der Waals surface area contributed by atoms with Crippen LogP contribution in [-0.2, 0) is 4.79 Å². The van der Waals surface area contributed by atoms with Gasteiger partial charge in [-0.2, -0.15) is 0 Å². The zero-order valence-electron chi connectivity index (χ0n) is 18.0. The first-order valence-corrected chi connectivity index (χ1v) is 12.3. The fraction of sp³-hybridized carbons (Fsp3) is 0.391. The zero-order chi connectivity index (χ0) is 23.5. The van der Waals surface area contributed by atoms with Gasteiger partial charge in [0.05, 0.1) is 15.2 Å². The first-order chi connectivity index (χ1) is 15.8. The van der Waals surface area contributed by atoms with Gasteiger partial charge in [-0.25, -0.2) is 13.8 Å². The number of hydrogen-bond acceptors (Lipinski definition) is 5. The molecule has 2 aromatic carbocycles. The minimum absolute atomic E-state index is 0.0430. The van der Waals surface area contributed by atoms with E-state index in [0.717, 1.165) is 32.1 Å². The third-order valence-corrected chi connectivity index (χ3v) is 7.20. The van der Waals surface area contributed by atoms with E-state index < -0.39 is 17.7 Å². The molecular formula is C23H23Cl2F2N3O2S. The van der Waals surface area contributed by atoms with Gasteiger partial charge >= 0.3 is 0 Å². The summed E-state index contributed by atoms with van der Waals surface area (Å²) in [6.07, 6.45) is 2.84. The summed E-state index contributed by atoms with van der Waals surface area (Å²) in [6.45, 7) is 4.73. The van der Waals surface area contributed by atoms with Crippen molar-refractivity contribution >= 4 is 55.8 Å². The lowest BCUT2D eigenvalue weighted by Gasteiger charge is -2.18. The molecule has 1 N–H and O–H groups in total. The second-order valence-electron chi connectivity index (χ2n) is 7.99. The molecule has 1 amide bonds. The molecule has 2 heterocycles. The molecule has 0 radical (unpaired) electrons. The Morgan fingerprint density at radius 3 is 2.76 bits per heavy atom.